The summed E-state index contributed by atoms with van der Waals surface area (Å²) in [6.45, 7) is 0. The van der Waals surface area contributed by atoms with Crippen molar-refractivity contribution in [2.24, 2.45) is 0 Å². The molecule has 0 saturated carbocycles. The van der Waals surface area contributed by atoms with Gasteiger partial charge in [-0.15, -0.1) is 0 Å². The fraction of sp³-hybridized carbons (Fsp3) is 0. The average Bonchev–Trinajstić information content (AvgIpc) is 2.82. The highest BCUT2D eigenvalue weighted by Gasteiger charge is 2.06. The van der Waals surface area contributed by atoms with E-state index in [0.717, 1.165) is 22.2 Å². The van der Waals surface area contributed by atoms with Crippen molar-refractivity contribution in [3.63, 3.8) is 0 Å². The van der Waals surface area contributed by atoms with Crippen LogP contribution in [-0.2, 0) is 0 Å². The number of H-pyrrole nitrogens is 1. The highest BCUT2D eigenvalue weighted by atomic mass is 16.7. The number of carbonyl (C=O) groups is 1. The first-order valence-electron chi connectivity index (χ1n) is 5.66. The lowest BCUT2D eigenvalue weighted by molar-refractivity contribution is 0.144. The molecule has 3 rings (SSSR count). The Bertz CT molecular complexity index is 735. The first kappa shape index (κ1) is 11.3. The minimum Gasteiger partial charge on any atom is -0.449 e. The Morgan fingerprint density at radius 3 is 2.68 bits per heavy atom. The molecular weight excluding hydrogens is 244 g/mol. The molecule has 0 atom stereocenters. The van der Waals surface area contributed by atoms with Crippen molar-refractivity contribution in [3.05, 3.63) is 48.8 Å². The number of nitrogens with zero attached hydrogens (tertiary/aromatic N) is 1. The van der Waals surface area contributed by atoms with Gasteiger partial charge >= 0.3 is 6.16 Å². The lowest BCUT2D eigenvalue weighted by Crippen LogP contribution is -2.02. The van der Waals surface area contributed by atoms with E-state index in [0.29, 0.717) is 5.75 Å². The zero-order valence-corrected chi connectivity index (χ0v) is 9.83. The monoisotopic (exact) mass is 254 g/mol. The van der Waals surface area contributed by atoms with Crippen LogP contribution in [0.4, 0.5) is 4.79 Å². The number of hydrogen-bond donors (Lipinski definition) is 2. The van der Waals surface area contributed by atoms with Crippen LogP contribution in [0, 0.1) is 0 Å². The fourth-order valence-electron chi connectivity index (χ4n) is 1.96. The van der Waals surface area contributed by atoms with Crippen LogP contribution in [0.3, 0.4) is 0 Å². The van der Waals surface area contributed by atoms with Gasteiger partial charge in [0.25, 0.3) is 0 Å². The Kier molecular flexibility index (Phi) is 2.64. The van der Waals surface area contributed by atoms with Crippen LogP contribution < -0.4 is 4.74 Å². The van der Waals surface area contributed by atoms with Gasteiger partial charge in [0.2, 0.25) is 0 Å². The SMILES string of the molecule is O=C(O)Oc1ccc2[nH]c(-c3ccncc3)cc2c1. The molecule has 0 amide bonds. The standard InChI is InChI=1S/C14H10N2O3/c17-14(18)19-11-1-2-12-10(7-11)8-13(16-12)9-3-5-15-6-4-9/h1-8,16H,(H,17,18). The number of nitrogens with one attached hydrogen (secondary N) is 1. The number of aromatic amines is 1. The van der Waals surface area contributed by atoms with E-state index in [2.05, 4.69) is 14.7 Å². The maximum Gasteiger partial charge on any atom is 0.511 e. The number of rotatable bonds is 2. The first-order chi connectivity index (χ1) is 9.22. The largest absolute Gasteiger partial charge is 0.511 e. The summed E-state index contributed by atoms with van der Waals surface area (Å²) in [4.78, 5) is 17.7. The van der Waals surface area contributed by atoms with E-state index in [9.17, 15) is 4.79 Å². The van der Waals surface area contributed by atoms with Crippen LogP contribution in [0.15, 0.2) is 48.8 Å². The highest BCUT2D eigenvalue weighted by molar-refractivity contribution is 5.87. The van der Waals surface area contributed by atoms with Crippen molar-refractivity contribution in [3.8, 4) is 17.0 Å². The molecule has 0 spiro atoms. The van der Waals surface area contributed by atoms with E-state index in [1.807, 2.05) is 18.2 Å². The molecule has 0 unspecified atom stereocenters. The number of ether oxygens (including phenoxy) is 1. The van der Waals surface area contributed by atoms with E-state index in [-0.39, 0.29) is 0 Å². The number of hydrogen-bond acceptors (Lipinski definition) is 3. The Balaban J connectivity index is 2.04. The van der Waals surface area contributed by atoms with Crippen molar-refractivity contribution in [1.82, 2.24) is 9.97 Å². The summed E-state index contributed by atoms with van der Waals surface area (Å²) < 4.78 is 4.63. The summed E-state index contributed by atoms with van der Waals surface area (Å²) in [5.41, 5.74) is 2.89. The molecule has 2 heterocycles. The molecule has 0 aliphatic rings. The van der Waals surface area contributed by atoms with Gasteiger partial charge < -0.3 is 14.8 Å². The van der Waals surface area contributed by atoms with Gasteiger partial charge in [-0.05, 0) is 36.4 Å². The van der Waals surface area contributed by atoms with Gasteiger partial charge in [0.1, 0.15) is 5.75 Å². The molecule has 3 aromatic rings. The summed E-state index contributed by atoms with van der Waals surface area (Å²) in [7, 11) is 0. The third kappa shape index (κ3) is 2.26. The number of pyridine rings is 1. The molecular formula is C14H10N2O3. The zero-order valence-electron chi connectivity index (χ0n) is 9.83. The molecule has 0 radical (unpaired) electrons. The van der Waals surface area contributed by atoms with Crippen LogP contribution in [0.1, 0.15) is 0 Å². The van der Waals surface area contributed by atoms with Crippen molar-refractivity contribution in [2.45, 2.75) is 0 Å². The highest BCUT2D eigenvalue weighted by Crippen LogP contribution is 2.26. The third-order valence-corrected chi connectivity index (χ3v) is 2.79. The van der Waals surface area contributed by atoms with E-state index in [4.69, 9.17) is 5.11 Å². The summed E-state index contributed by atoms with van der Waals surface area (Å²) in [6.07, 6.45) is 2.13. The lowest BCUT2D eigenvalue weighted by atomic mass is 10.2. The number of fused-ring (bicyclic) bond motifs is 1. The molecule has 2 aromatic heterocycles. The molecule has 0 fully saturated rings. The van der Waals surface area contributed by atoms with Crippen LogP contribution in [-0.4, -0.2) is 21.2 Å². The second-order valence-electron chi connectivity index (χ2n) is 4.04. The smallest absolute Gasteiger partial charge is 0.449 e. The fourth-order valence-corrected chi connectivity index (χ4v) is 1.96. The molecule has 5 heteroatoms. The molecule has 94 valence electrons. The Labute approximate surface area is 108 Å². The minimum atomic E-state index is -1.32. The normalized spacial score (nSPS) is 10.5. The average molecular weight is 254 g/mol. The van der Waals surface area contributed by atoms with Crippen molar-refractivity contribution in [1.29, 1.82) is 0 Å². The van der Waals surface area contributed by atoms with Gasteiger partial charge in [0.05, 0.1) is 0 Å². The summed E-state index contributed by atoms with van der Waals surface area (Å²) in [5, 5.41) is 9.48. The molecule has 0 saturated heterocycles. The van der Waals surface area contributed by atoms with Gasteiger partial charge in [-0.25, -0.2) is 4.79 Å². The molecule has 19 heavy (non-hydrogen) atoms. The molecule has 2 N–H and O–H groups in total. The van der Waals surface area contributed by atoms with E-state index in [1.54, 1.807) is 30.6 Å². The van der Waals surface area contributed by atoms with E-state index >= 15 is 0 Å². The second kappa shape index (κ2) is 4.45. The Morgan fingerprint density at radius 1 is 1.16 bits per heavy atom. The second-order valence-corrected chi connectivity index (χ2v) is 4.04. The number of aromatic nitrogens is 2. The van der Waals surface area contributed by atoms with Crippen molar-refractivity contribution < 1.29 is 14.6 Å². The Hall–Kier alpha value is -2.82. The molecule has 0 aliphatic carbocycles. The lowest BCUT2D eigenvalue weighted by Gasteiger charge is -1.98. The maximum atomic E-state index is 10.5. The first-order valence-corrected chi connectivity index (χ1v) is 5.66. The van der Waals surface area contributed by atoms with Crippen molar-refractivity contribution >= 4 is 17.1 Å². The van der Waals surface area contributed by atoms with Crippen LogP contribution in [0.5, 0.6) is 5.75 Å². The van der Waals surface area contributed by atoms with Crippen LogP contribution >= 0.6 is 0 Å². The van der Waals surface area contributed by atoms with Gasteiger partial charge in [-0.3, -0.25) is 4.98 Å². The van der Waals surface area contributed by atoms with Gasteiger partial charge in [0.15, 0.2) is 0 Å². The third-order valence-electron chi connectivity index (χ3n) is 2.79. The molecule has 0 aliphatic heterocycles. The van der Waals surface area contributed by atoms with E-state index < -0.39 is 6.16 Å². The number of benzene rings is 1. The van der Waals surface area contributed by atoms with Gasteiger partial charge in [-0.1, -0.05) is 0 Å². The summed E-state index contributed by atoms with van der Waals surface area (Å²) >= 11 is 0. The predicted molar refractivity (Wildman–Crippen MR) is 70.2 cm³/mol. The molecule has 0 bridgehead atoms. The van der Waals surface area contributed by atoms with Crippen molar-refractivity contribution in [2.75, 3.05) is 0 Å². The predicted octanol–water partition coefficient (Wildman–Crippen LogP) is 3.29. The summed E-state index contributed by atoms with van der Waals surface area (Å²) in [6, 6.07) is 10.8. The number of carboxylic acid groups (broad SMARTS) is 1. The van der Waals surface area contributed by atoms with Gasteiger partial charge in [0, 0.05) is 34.6 Å². The summed E-state index contributed by atoms with van der Waals surface area (Å²) in [5.74, 6) is 0.306. The van der Waals surface area contributed by atoms with Gasteiger partial charge in [-0.2, -0.15) is 0 Å². The Morgan fingerprint density at radius 2 is 1.95 bits per heavy atom. The maximum absolute atomic E-state index is 10.5. The van der Waals surface area contributed by atoms with Crippen LogP contribution in [0.25, 0.3) is 22.2 Å². The van der Waals surface area contributed by atoms with E-state index in [1.165, 1.54) is 0 Å². The topological polar surface area (TPSA) is 75.2 Å². The molecule has 5 nitrogen and oxygen atoms in total. The zero-order chi connectivity index (χ0) is 13.2. The minimum absolute atomic E-state index is 0.306. The quantitative estimate of drug-likeness (QED) is 0.543. The van der Waals surface area contributed by atoms with Crippen LogP contribution in [0.2, 0.25) is 0 Å². The molecule has 1 aromatic carbocycles.